The predicted molar refractivity (Wildman–Crippen MR) is 139 cm³/mol. The van der Waals surface area contributed by atoms with Gasteiger partial charge in [0, 0.05) is 43.4 Å². The lowest BCUT2D eigenvalue weighted by Gasteiger charge is -2.31. The highest BCUT2D eigenvalue weighted by molar-refractivity contribution is 6.06. The molecule has 3 aromatic rings. The van der Waals surface area contributed by atoms with Crippen LogP contribution in [0.15, 0.2) is 48.8 Å². The van der Waals surface area contributed by atoms with Crippen molar-refractivity contribution in [1.82, 2.24) is 19.6 Å². The summed E-state index contributed by atoms with van der Waals surface area (Å²) in [5, 5.41) is 4.23. The normalized spacial score (nSPS) is 24.1. The number of carbonyl (C=O) groups is 3. The Bertz CT molecular complexity index is 1530. The van der Waals surface area contributed by atoms with E-state index in [2.05, 4.69) is 5.10 Å². The number of aryl methyl sites for hydroxylation is 3. The monoisotopic (exact) mass is 528 g/mol. The molecule has 1 saturated heterocycles. The van der Waals surface area contributed by atoms with Crippen LogP contribution in [0.25, 0.3) is 11.1 Å². The Hall–Kier alpha value is -4.01. The molecule has 1 unspecified atom stereocenters. The summed E-state index contributed by atoms with van der Waals surface area (Å²) in [5.41, 5.74) is 4.03. The second kappa shape index (κ2) is 8.76. The standard InChI is InChI=1S/C30H29FN4O4/c1-33-15-23(14-32-33)19-5-8-25-21(12-19)10-11-30(25)28(37)35(29(38)39-30)17-27(36)34-16-22-4-7-24(31)13-20(22)6-9-26(34)18-2-3-18/h4-5,7-8,12-15,18,26H,2-3,6,9-11,16-17H2,1H3/t26-,30?/m0/s1. The Morgan fingerprint density at radius 3 is 2.67 bits per heavy atom. The van der Waals surface area contributed by atoms with Crippen LogP contribution in [-0.2, 0) is 46.4 Å². The smallest absolute Gasteiger partial charge is 0.418 e. The van der Waals surface area contributed by atoms with Crippen LogP contribution in [0.2, 0.25) is 0 Å². The largest absolute Gasteiger partial charge is 0.427 e. The van der Waals surface area contributed by atoms with Crippen LogP contribution in [0.4, 0.5) is 9.18 Å². The maximum atomic E-state index is 13.9. The molecule has 1 saturated carbocycles. The number of fused-ring (bicyclic) bond motifs is 3. The summed E-state index contributed by atoms with van der Waals surface area (Å²) >= 11 is 0. The van der Waals surface area contributed by atoms with E-state index in [0.717, 1.165) is 52.0 Å². The molecule has 0 bridgehead atoms. The molecule has 3 heterocycles. The average Bonchev–Trinajstić information content (AvgIpc) is 3.55. The van der Waals surface area contributed by atoms with E-state index in [0.29, 0.717) is 37.3 Å². The maximum absolute atomic E-state index is 13.9. The third-order valence-corrected chi connectivity index (χ3v) is 8.80. The van der Waals surface area contributed by atoms with Gasteiger partial charge in [0.2, 0.25) is 11.5 Å². The number of amides is 3. The minimum atomic E-state index is -1.39. The minimum absolute atomic E-state index is 0.00810. The number of ether oxygens (including phenoxy) is 1. The number of hydrogen-bond acceptors (Lipinski definition) is 5. The second-order valence-electron chi connectivity index (χ2n) is 11.2. The zero-order valence-electron chi connectivity index (χ0n) is 21.7. The number of imide groups is 1. The van der Waals surface area contributed by atoms with Crippen molar-refractivity contribution in [2.45, 2.75) is 56.7 Å². The highest BCUT2D eigenvalue weighted by atomic mass is 19.1. The number of aromatic nitrogens is 2. The topological polar surface area (TPSA) is 84.7 Å². The van der Waals surface area contributed by atoms with Gasteiger partial charge in [0.1, 0.15) is 12.4 Å². The van der Waals surface area contributed by atoms with E-state index in [1.54, 1.807) is 27.9 Å². The van der Waals surface area contributed by atoms with Crippen LogP contribution in [-0.4, -0.2) is 50.1 Å². The van der Waals surface area contributed by atoms with Gasteiger partial charge in [0.15, 0.2) is 0 Å². The Balaban J connectivity index is 1.14. The van der Waals surface area contributed by atoms with E-state index in [1.807, 2.05) is 31.4 Å². The quantitative estimate of drug-likeness (QED) is 0.509. The van der Waals surface area contributed by atoms with E-state index in [9.17, 15) is 18.8 Å². The van der Waals surface area contributed by atoms with E-state index in [-0.39, 0.29) is 24.3 Å². The fraction of sp³-hybridized carbons (Fsp3) is 0.400. The summed E-state index contributed by atoms with van der Waals surface area (Å²) in [6.07, 6.45) is 7.40. The summed E-state index contributed by atoms with van der Waals surface area (Å²) in [7, 11) is 1.86. The number of hydrogen-bond donors (Lipinski definition) is 0. The van der Waals surface area contributed by atoms with Crippen molar-refractivity contribution in [3.63, 3.8) is 0 Å². The van der Waals surface area contributed by atoms with Gasteiger partial charge in [-0.15, -0.1) is 0 Å². The molecule has 0 N–H and O–H groups in total. The molecule has 1 spiro atoms. The SMILES string of the molecule is Cn1cc(-c2ccc3c(c2)CCC32OC(=O)N(CC(=O)N3Cc4ccc(F)cc4CC[C@H]3C3CC3)C2=O)cn1. The highest BCUT2D eigenvalue weighted by Gasteiger charge is 2.58. The van der Waals surface area contributed by atoms with Crippen molar-refractivity contribution in [2.24, 2.45) is 13.0 Å². The van der Waals surface area contributed by atoms with Crippen molar-refractivity contribution in [1.29, 1.82) is 0 Å². The number of carbonyl (C=O) groups excluding carboxylic acids is 3. The van der Waals surface area contributed by atoms with Crippen LogP contribution >= 0.6 is 0 Å². The van der Waals surface area contributed by atoms with E-state index in [1.165, 1.54) is 6.07 Å². The average molecular weight is 529 g/mol. The third kappa shape index (κ3) is 3.94. The van der Waals surface area contributed by atoms with Crippen LogP contribution in [0.3, 0.4) is 0 Å². The molecule has 200 valence electrons. The lowest BCUT2D eigenvalue weighted by atomic mass is 9.93. The van der Waals surface area contributed by atoms with E-state index >= 15 is 0 Å². The van der Waals surface area contributed by atoms with Gasteiger partial charge in [-0.05, 0) is 72.4 Å². The first-order valence-electron chi connectivity index (χ1n) is 13.6. The fourth-order valence-corrected chi connectivity index (χ4v) is 6.61. The summed E-state index contributed by atoms with van der Waals surface area (Å²) in [6.45, 7) is -0.0138. The van der Waals surface area contributed by atoms with Gasteiger partial charge in [-0.3, -0.25) is 14.3 Å². The van der Waals surface area contributed by atoms with Gasteiger partial charge < -0.3 is 9.64 Å². The van der Waals surface area contributed by atoms with Crippen molar-refractivity contribution >= 4 is 17.9 Å². The number of benzene rings is 2. The summed E-state index contributed by atoms with van der Waals surface area (Å²) in [5.74, 6) is -0.640. The van der Waals surface area contributed by atoms with E-state index in [4.69, 9.17) is 4.74 Å². The van der Waals surface area contributed by atoms with E-state index < -0.39 is 17.6 Å². The Labute approximate surface area is 225 Å². The first kappa shape index (κ1) is 24.1. The second-order valence-corrected chi connectivity index (χ2v) is 11.2. The molecule has 3 amide bonds. The Morgan fingerprint density at radius 2 is 1.90 bits per heavy atom. The van der Waals surface area contributed by atoms with Crippen LogP contribution < -0.4 is 0 Å². The van der Waals surface area contributed by atoms with Crippen LogP contribution in [0.1, 0.15) is 47.9 Å². The molecule has 2 aliphatic heterocycles. The fourth-order valence-electron chi connectivity index (χ4n) is 6.61. The molecular formula is C30H29FN4O4. The Kier molecular flexibility index (Phi) is 5.40. The third-order valence-electron chi connectivity index (χ3n) is 8.80. The zero-order valence-corrected chi connectivity index (χ0v) is 21.7. The van der Waals surface area contributed by atoms with Crippen molar-refractivity contribution < 1.29 is 23.5 Å². The molecule has 0 radical (unpaired) electrons. The molecule has 8 nitrogen and oxygen atoms in total. The summed E-state index contributed by atoms with van der Waals surface area (Å²) in [6, 6.07) is 10.5. The lowest BCUT2D eigenvalue weighted by Crippen LogP contribution is -2.48. The Morgan fingerprint density at radius 1 is 1.05 bits per heavy atom. The van der Waals surface area contributed by atoms with Gasteiger partial charge in [-0.2, -0.15) is 5.10 Å². The highest BCUT2D eigenvalue weighted by Crippen LogP contribution is 2.46. The lowest BCUT2D eigenvalue weighted by molar-refractivity contribution is -0.143. The van der Waals surface area contributed by atoms with Gasteiger partial charge in [-0.1, -0.05) is 24.3 Å². The zero-order chi connectivity index (χ0) is 26.9. The molecule has 1 aromatic heterocycles. The van der Waals surface area contributed by atoms with Crippen LogP contribution in [0.5, 0.6) is 0 Å². The van der Waals surface area contributed by atoms with Crippen molar-refractivity contribution in [3.05, 3.63) is 76.9 Å². The predicted octanol–water partition coefficient (Wildman–Crippen LogP) is 4.10. The molecule has 7 rings (SSSR count). The number of rotatable bonds is 4. The molecule has 9 heteroatoms. The molecular weight excluding hydrogens is 499 g/mol. The summed E-state index contributed by atoms with van der Waals surface area (Å²) in [4.78, 5) is 43.3. The molecule has 39 heavy (non-hydrogen) atoms. The molecule has 2 atom stereocenters. The van der Waals surface area contributed by atoms with Gasteiger partial charge >= 0.3 is 6.09 Å². The first-order valence-corrected chi connectivity index (χ1v) is 13.6. The van der Waals surface area contributed by atoms with Gasteiger partial charge in [0.25, 0.3) is 5.91 Å². The van der Waals surface area contributed by atoms with Crippen molar-refractivity contribution in [3.8, 4) is 11.1 Å². The molecule has 4 aliphatic rings. The number of halogens is 1. The van der Waals surface area contributed by atoms with Gasteiger partial charge in [0.05, 0.1) is 6.20 Å². The first-order chi connectivity index (χ1) is 18.8. The van der Waals surface area contributed by atoms with Crippen molar-refractivity contribution in [2.75, 3.05) is 6.54 Å². The van der Waals surface area contributed by atoms with Crippen LogP contribution in [0, 0.1) is 11.7 Å². The molecule has 2 fully saturated rings. The summed E-state index contributed by atoms with van der Waals surface area (Å²) < 4.78 is 21.4. The number of nitrogens with zero attached hydrogens (tertiary/aromatic N) is 4. The van der Waals surface area contributed by atoms with Gasteiger partial charge in [-0.25, -0.2) is 14.1 Å². The molecule has 2 aromatic carbocycles. The molecule has 2 aliphatic carbocycles. The maximum Gasteiger partial charge on any atom is 0.418 e. The minimum Gasteiger partial charge on any atom is -0.427 e.